The van der Waals surface area contributed by atoms with Crippen LogP contribution in [0, 0.1) is 0 Å². The second kappa shape index (κ2) is 5.10. The maximum atomic E-state index is 12.0. The Labute approximate surface area is 106 Å². The molecule has 0 spiro atoms. The predicted octanol–water partition coefficient (Wildman–Crippen LogP) is 1.85. The van der Waals surface area contributed by atoms with Gasteiger partial charge in [0, 0.05) is 5.25 Å². The maximum absolute atomic E-state index is 12.0. The van der Waals surface area contributed by atoms with Gasteiger partial charge in [-0.2, -0.15) is 0 Å². The number of amidine groups is 1. The molecule has 2 rings (SSSR count). The number of sulfonamides is 1. The SMILES string of the molecule is CCC1CN=C(NS(=O)(=O)c2ccccc2)S1. The molecular formula is C11H14N2O2S2. The van der Waals surface area contributed by atoms with Crippen LogP contribution < -0.4 is 4.72 Å². The number of hydrogen-bond donors (Lipinski definition) is 1. The maximum Gasteiger partial charge on any atom is 0.263 e. The molecule has 0 saturated heterocycles. The molecule has 92 valence electrons. The Kier molecular flexibility index (Phi) is 3.73. The molecule has 0 aromatic heterocycles. The second-order valence-electron chi connectivity index (χ2n) is 3.71. The lowest BCUT2D eigenvalue weighted by Gasteiger charge is -2.07. The molecule has 0 bridgehead atoms. The van der Waals surface area contributed by atoms with Crippen molar-refractivity contribution in [2.24, 2.45) is 4.99 Å². The Morgan fingerprint density at radius 1 is 1.41 bits per heavy atom. The molecule has 17 heavy (non-hydrogen) atoms. The number of nitrogens with one attached hydrogen (secondary N) is 1. The van der Waals surface area contributed by atoms with E-state index in [1.165, 1.54) is 11.8 Å². The van der Waals surface area contributed by atoms with Crippen LogP contribution in [0.5, 0.6) is 0 Å². The van der Waals surface area contributed by atoms with Gasteiger partial charge in [0.25, 0.3) is 10.0 Å². The summed E-state index contributed by atoms with van der Waals surface area (Å²) >= 11 is 1.49. The zero-order valence-electron chi connectivity index (χ0n) is 9.46. The molecule has 4 nitrogen and oxygen atoms in total. The molecular weight excluding hydrogens is 256 g/mol. The van der Waals surface area contributed by atoms with Crippen molar-refractivity contribution in [3.63, 3.8) is 0 Å². The van der Waals surface area contributed by atoms with Crippen molar-refractivity contribution in [2.75, 3.05) is 6.54 Å². The highest BCUT2D eigenvalue weighted by Gasteiger charge is 2.22. The van der Waals surface area contributed by atoms with Crippen LogP contribution in [0.4, 0.5) is 0 Å². The molecule has 0 radical (unpaired) electrons. The third-order valence-electron chi connectivity index (χ3n) is 2.45. The summed E-state index contributed by atoms with van der Waals surface area (Å²) in [5, 5.41) is 0.893. The summed E-state index contributed by atoms with van der Waals surface area (Å²) in [5.41, 5.74) is 0. The Bertz CT molecular complexity index is 512. The quantitative estimate of drug-likeness (QED) is 0.912. The normalized spacial score (nSPS) is 20.1. The standard InChI is InChI=1S/C11H14N2O2S2/c1-2-9-8-12-11(16-9)13-17(14,15)10-6-4-3-5-7-10/h3-7,9H,2,8H2,1H3,(H,12,13). The first-order valence-corrected chi connectivity index (χ1v) is 7.77. The predicted molar refractivity (Wildman–Crippen MR) is 70.7 cm³/mol. The van der Waals surface area contributed by atoms with E-state index in [0.29, 0.717) is 17.0 Å². The highest BCUT2D eigenvalue weighted by Crippen LogP contribution is 2.23. The minimum atomic E-state index is -3.48. The third-order valence-corrected chi connectivity index (χ3v) is 5.20. The zero-order valence-corrected chi connectivity index (χ0v) is 11.1. The number of benzene rings is 1. The molecule has 1 aromatic rings. The van der Waals surface area contributed by atoms with Crippen molar-refractivity contribution >= 4 is 27.0 Å². The number of aliphatic imine (C=N–C) groups is 1. The van der Waals surface area contributed by atoms with E-state index in [1.54, 1.807) is 30.3 Å². The summed E-state index contributed by atoms with van der Waals surface area (Å²) < 4.78 is 26.5. The van der Waals surface area contributed by atoms with Crippen LogP contribution in [0.3, 0.4) is 0 Å². The van der Waals surface area contributed by atoms with Crippen molar-refractivity contribution in [3.8, 4) is 0 Å². The molecule has 0 fully saturated rings. The van der Waals surface area contributed by atoms with Gasteiger partial charge in [-0.05, 0) is 18.6 Å². The van der Waals surface area contributed by atoms with Gasteiger partial charge in [-0.1, -0.05) is 36.9 Å². The number of hydrogen-bond acceptors (Lipinski definition) is 4. The number of nitrogens with zero attached hydrogens (tertiary/aromatic N) is 1. The van der Waals surface area contributed by atoms with E-state index in [9.17, 15) is 8.42 Å². The van der Waals surface area contributed by atoms with Gasteiger partial charge in [-0.25, -0.2) is 8.42 Å². The summed E-state index contributed by atoms with van der Waals surface area (Å²) in [5.74, 6) is 0. The van der Waals surface area contributed by atoms with Gasteiger partial charge >= 0.3 is 0 Å². The van der Waals surface area contributed by atoms with E-state index >= 15 is 0 Å². The topological polar surface area (TPSA) is 58.5 Å². The third kappa shape index (κ3) is 3.01. The van der Waals surface area contributed by atoms with E-state index in [4.69, 9.17) is 0 Å². The van der Waals surface area contributed by atoms with Gasteiger partial charge in [0.05, 0.1) is 11.4 Å². The summed E-state index contributed by atoms with van der Waals surface area (Å²) in [6, 6.07) is 8.33. The Morgan fingerprint density at radius 2 is 2.12 bits per heavy atom. The minimum absolute atomic E-state index is 0.267. The molecule has 1 unspecified atom stereocenters. The summed E-state index contributed by atoms with van der Waals surface area (Å²) in [7, 11) is -3.48. The first-order chi connectivity index (χ1) is 8.12. The fourth-order valence-corrected chi connectivity index (χ4v) is 3.69. The van der Waals surface area contributed by atoms with Crippen LogP contribution in [0.25, 0.3) is 0 Å². The summed E-state index contributed by atoms with van der Waals surface area (Å²) in [6.07, 6.45) is 0.991. The number of thioether (sulfide) groups is 1. The van der Waals surface area contributed by atoms with Crippen molar-refractivity contribution < 1.29 is 8.42 Å². The first-order valence-electron chi connectivity index (χ1n) is 5.41. The molecule has 1 aliphatic heterocycles. The van der Waals surface area contributed by atoms with Gasteiger partial charge in [-0.3, -0.25) is 9.71 Å². The van der Waals surface area contributed by atoms with Crippen LogP contribution in [0.1, 0.15) is 13.3 Å². The molecule has 1 aliphatic rings. The lowest BCUT2D eigenvalue weighted by Crippen LogP contribution is -2.27. The Morgan fingerprint density at radius 3 is 2.71 bits per heavy atom. The molecule has 1 heterocycles. The lowest BCUT2D eigenvalue weighted by molar-refractivity contribution is 0.593. The molecule has 0 aliphatic carbocycles. The Hall–Kier alpha value is -1.01. The highest BCUT2D eigenvalue weighted by molar-refractivity contribution is 8.15. The van der Waals surface area contributed by atoms with Crippen LogP contribution in [-0.2, 0) is 10.0 Å². The molecule has 1 aromatic carbocycles. The highest BCUT2D eigenvalue weighted by atomic mass is 32.2. The molecule has 1 N–H and O–H groups in total. The van der Waals surface area contributed by atoms with E-state index in [-0.39, 0.29) is 4.90 Å². The summed E-state index contributed by atoms with van der Waals surface area (Å²) in [6.45, 7) is 2.76. The fraction of sp³-hybridized carbons (Fsp3) is 0.364. The van der Waals surface area contributed by atoms with Gasteiger partial charge < -0.3 is 0 Å². The fourth-order valence-electron chi connectivity index (χ4n) is 1.46. The first kappa shape index (κ1) is 12.4. The average molecular weight is 270 g/mol. The van der Waals surface area contributed by atoms with Crippen LogP contribution in [0.2, 0.25) is 0 Å². The van der Waals surface area contributed by atoms with E-state index in [1.807, 2.05) is 0 Å². The van der Waals surface area contributed by atoms with E-state index in [0.717, 1.165) is 6.42 Å². The number of rotatable bonds is 3. The van der Waals surface area contributed by atoms with E-state index in [2.05, 4.69) is 16.6 Å². The largest absolute Gasteiger partial charge is 0.263 e. The van der Waals surface area contributed by atoms with Crippen LogP contribution >= 0.6 is 11.8 Å². The molecule has 6 heteroatoms. The van der Waals surface area contributed by atoms with Crippen molar-refractivity contribution in [2.45, 2.75) is 23.5 Å². The van der Waals surface area contributed by atoms with Gasteiger partial charge in [-0.15, -0.1) is 0 Å². The molecule has 1 atom stereocenters. The Balaban J connectivity index is 2.10. The van der Waals surface area contributed by atoms with Crippen molar-refractivity contribution in [1.29, 1.82) is 0 Å². The van der Waals surface area contributed by atoms with Gasteiger partial charge in [0.2, 0.25) is 0 Å². The van der Waals surface area contributed by atoms with Crippen LogP contribution in [0.15, 0.2) is 40.2 Å². The van der Waals surface area contributed by atoms with Gasteiger partial charge in [0.1, 0.15) is 0 Å². The van der Waals surface area contributed by atoms with Crippen molar-refractivity contribution in [3.05, 3.63) is 30.3 Å². The smallest absolute Gasteiger partial charge is 0.261 e. The van der Waals surface area contributed by atoms with Crippen LogP contribution in [-0.4, -0.2) is 25.4 Å². The average Bonchev–Trinajstić information content (AvgIpc) is 2.77. The zero-order chi connectivity index (χ0) is 12.3. The molecule has 0 saturated carbocycles. The summed E-state index contributed by atoms with van der Waals surface area (Å²) in [4.78, 5) is 4.45. The van der Waals surface area contributed by atoms with Gasteiger partial charge in [0.15, 0.2) is 5.17 Å². The molecule has 0 amide bonds. The van der Waals surface area contributed by atoms with Crippen molar-refractivity contribution in [1.82, 2.24) is 4.72 Å². The van der Waals surface area contributed by atoms with E-state index < -0.39 is 10.0 Å². The lowest BCUT2D eigenvalue weighted by atomic mass is 10.3. The monoisotopic (exact) mass is 270 g/mol. The second-order valence-corrected chi connectivity index (χ2v) is 6.68. The minimum Gasteiger partial charge on any atom is -0.261 e.